The molecule has 2 heteroatoms. The van der Waals surface area contributed by atoms with Crippen LogP contribution in [0.15, 0.2) is 12.7 Å². The van der Waals surface area contributed by atoms with Gasteiger partial charge in [-0.3, -0.25) is 4.79 Å². The van der Waals surface area contributed by atoms with Crippen molar-refractivity contribution >= 4 is 5.97 Å². The molecule has 0 aromatic rings. The van der Waals surface area contributed by atoms with Crippen molar-refractivity contribution in [1.29, 1.82) is 0 Å². The van der Waals surface area contributed by atoms with E-state index in [0.717, 1.165) is 25.7 Å². The average molecular weight is 254 g/mol. The lowest BCUT2D eigenvalue weighted by Gasteiger charge is -2.15. The molecule has 0 N–H and O–H groups in total. The van der Waals surface area contributed by atoms with Gasteiger partial charge < -0.3 is 4.74 Å². The largest absolute Gasteiger partial charge is 0.461 e. The molecule has 0 bridgehead atoms. The second kappa shape index (κ2) is 12.7. The molecule has 0 heterocycles. The molecule has 0 fully saturated rings. The van der Waals surface area contributed by atoms with E-state index in [2.05, 4.69) is 20.4 Å². The normalized spacial score (nSPS) is 12.1. The summed E-state index contributed by atoms with van der Waals surface area (Å²) in [5.74, 6) is 0.0795. The number of carbonyl (C=O) groups excluding carboxylic acids is 1. The monoisotopic (exact) mass is 254 g/mol. The van der Waals surface area contributed by atoms with Crippen molar-refractivity contribution in [1.82, 2.24) is 0 Å². The molecule has 0 aliphatic heterocycles. The topological polar surface area (TPSA) is 26.3 Å². The first-order valence-corrected chi connectivity index (χ1v) is 7.53. The zero-order valence-corrected chi connectivity index (χ0v) is 12.2. The van der Waals surface area contributed by atoms with Crippen LogP contribution in [0.2, 0.25) is 0 Å². The van der Waals surface area contributed by atoms with Crippen LogP contribution >= 0.6 is 0 Å². The third kappa shape index (κ3) is 9.26. The zero-order valence-electron chi connectivity index (χ0n) is 12.2. The van der Waals surface area contributed by atoms with E-state index in [-0.39, 0.29) is 11.9 Å². The number of carbonyl (C=O) groups is 1. The van der Waals surface area contributed by atoms with E-state index in [1.54, 1.807) is 6.08 Å². The Bertz CT molecular complexity index is 211. The third-order valence-corrected chi connectivity index (χ3v) is 3.24. The van der Waals surface area contributed by atoms with E-state index < -0.39 is 0 Å². The van der Waals surface area contributed by atoms with Crippen LogP contribution in [0.4, 0.5) is 0 Å². The predicted molar refractivity (Wildman–Crippen MR) is 77.5 cm³/mol. The quantitative estimate of drug-likeness (QED) is 0.282. The van der Waals surface area contributed by atoms with Crippen LogP contribution in [0.5, 0.6) is 0 Å². The fourth-order valence-corrected chi connectivity index (χ4v) is 2.10. The Hall–Kier alpha value is -0.790. The lowest BCUT2D eigenvalue weighted by atomic mass is 9.95. The van der Waals surface area contributed by atoms with E-state index in [0.29, 0.717) is 6.61 Å². The van der Waals surface area contributed by atoms with E-state index in [4.69, 9.17) is 4.74 Å². The fourth-order valence-electron chi connectivity index (χ4n) is 2.10. The summed E-state index contributed by atoms with van der Waals surface area (Å²) in [5.41, 5.74) is 0. The average Bonchev–Trinajstić information content (AvgIpc) is 2.39. The molecule has 0 spiro atoms. The molecule has 0 radical (unpaired) electrons. The van der Waals surface area contributed by atoms with Gasteiger partial charge >= 0.3 is 5.97 Å². The molecule has 106 valence electrons. The van der Waals surface area contributed by atoms with Crippen LogP contribution < -0.4 is 0 Å². The van der Waals surface area contributed by atoms with E-state index in [1.807, 2.05) is 0 Å². The minimum absolute atomic E-state index is 0.0255. The maximum absolute atomic E-state index is 11.9. The minimum Gasteiger partial charge on any atom is -0.461 e. The van der Waals surface area contributed by atoms with Crippen LogP contribution in [0.1, 0.15) is 71.6 Å². The SMILES string of the molecule is C=CCOC(=O)C(CCCCC)CCCCCC. The summed E-state index contributed by atoms with van der Waals surface area (Å²) >= 11 is 0. The molecule has 18 heavy (non-hydrogen) atoms. The van der Waals surface area contributed by atoms with Gasteiger partial charge in [-0.25, -0.2) is 0 Å². The number of esters is 1. The smallest absolute Gasteiger partial charge is 0.309 e. The van der Waals surface area contributed by atoms with Gasteiger partial charge in [0.25, 0.3) is 0 Å². The lowest BCUT2D eigenvalue weighted by Crippen LogP contribution is -2.18. The van der Waals surface area contributed by atoms with Crippen molar-refractivity contribution in [2.75, 3.05) is 6.61 Å². The maximum atomic E-state index is 11.9. The number of rotatable bonds is 12. The standard InChI is InChI=1S/C16H30O2/c1-4-7-9-11-13-15(12-10-8-5-2)16(17)18-14-6-3/h6,15H,3-5,7-14H2,1-2H3. The highest BCUT2D eigenvalue weighted by Gasteiger charge is 2.18. The summed E-state index contributed by atoms with van der Waals surface area (Å²) < 4.78 is 5.18. The van der Waals surface area contributed by atoms with E-state index in [9.17, 15) is 4.79 Å². The highest BCUT2D eigenvalue weighted by atomic mass is 16.5. The predicted octanol–water partition coefficient (Wildman–Crippen LogP) is 4.88. The van der Waals surface area contributed by atoms with Gasteiger partial charge in [-0.1, -0.05) is 71.4 Å². The van der Waals surface area contributed by atoms with Gasteiger partial charge in [-0.15, -0.1) is 0 Å². The second-order valence-corrected chi connectivity index (χ2v) is 4.96. The van der Waals surface area contributed by atoms with Crippen molar-refractivity contribution in [3.8, 4) is 0 Å². The number of ether oxygens (including phenoxy) is 1. The van der Waals surface area contributed by atoms with Crippen molar-refractivity contribution in [2.45, 2.75) is 71.6 Å². The Morgan fingerprint density at radius 3 is 2.17 bits per heavy atom. The maximum Gasteiger partial charge on any atom is 0.309 e. The zero-order chi connectivity index (χ0) is 13.6. The fraction of sp³-hybridized carbons (Fsp3) is 0.812. The van der Waals surface area contributed by atoms with Crippen LogP contribution in [-0.4, -0.2) is 12.6 Å². The Morgan fingerprint density at radius 2 is 1.61 bits per heavy atom. The molecule has 0 aliphatic rings. The first-order chi connectivity index (χ1) is 8.76. The highest BCUT2D eigenvalue weighted by molar-refractivity contribution is 5.72. The number of hydrogen-bond donors (Lipinski definition) is 0. The molecule has 0 amide bonds. The first-order valence-electron chi connectivity index (χ1n) is 7.53. The molecule has 0 saturated carbocycles. The van der Waals surface area contributed by atoms with Crippen LogP contribution in [0, 0.1) is 5.92 Å². The van der Waals surface area contributed by atoms with Crippen LogP contribution in [-0.2, 0) is 9.53 Å². The van der Waals surface area contributed by atoms with Gasteiger partial charge in [0.05, 0.1) is 5.92 Å². The molecule has 0 aliphatic carbocycles. The Balaban J connectivity index is 3.97. The summed E-state index contributed by atoms with van der Waals surface area (Å²) in [6.45, 7) is 8.31. The molecule has 1 atom stereocenters. The van der Waals surface area contributed by atoms with Gasteiger partial charge in [0, 0.05) is 0 Å². The summed E-state index contributed by atoms with van der Waals surface area (Å²) in [6, 6.07) is 0. The first kappa shape index (κ1) is 17.2. The van der Waals surface area contributed by atoms with Crippen LogP contribution in [0.25, 0.3) is 0 Å². The molecule has 2 nitrogen and oxygen atoms in total. The Morgan fingerprint density at radius 1 is 1.06 bits per heavy atom. The summed E-state index contributed by atoms with van der Waals surface area (Å²) in [7, 11) is 0. The van der Waals surface area contributed by atoms with Crippen molar-refractivity contribution in [2.24, 2.45) is 5.92 Å². The van der Waals surface area contributed by atoms with Gasteiger partial charge in [0.15, 0.2) is 0 Å². The molecular weight excluding hydrogens is 224 g/mol. The van der Waals surface area contributed by atoms with Gasteiger partial charge in [-0.05, 0) is 12.8 Å². The molecular formula is C16H30O2. The molecule has 1 unspecified atom stereocenters. The van der Waals surface area contributed by atoms with Gasteiger partial charge in [0.1, 0.15) is 6.61 Å². The number of hydrogen-bond acceptors (Lipinski definition) is 2. The molecule has 0 rings (SSSR count). The van der Waals surface area contributed by atoms with Crippen molar-refractivity contribution < 1.29 is 9.53 Å². The molecule has 0 saturated heterocycles. The minimum atomic E-state index is -0.0255. The van der Waals surface area contributed by atoms with E-state index >= 15 is 0 Å². The Kier molecular flexibility index (Phi) is 12.1. The van der Waals surface area contributed by atoms with E-state index in [1.165, 1.54) is 32.1 Å². The molecule has 0 aromatic heterocycles. The highest BCUT2D eigenvalue weighted by Crippen LogP contribution is 2.19. The molecule has 0 aromatic carbocycles. The van der Waals surface area contributed by atoms with Gasteiger partial charge in [-0.2, -0.15) is 0 Å². The van der Waals surface area contributed by atoms with Crippen molar-refractivity contribution in [3.63, 3.8) is 0 Å². The second-order valence-electron chi connectivity index (χ2n) is 4.96. The summed E-state index contributed by atoms with van der Waals surface area (Å²) in [6.07, 6.45) is 12.0. The summed E-state index contributed by atoms with van der Waals surface area (Å²) in [4.78, 5) is 11.9. The summed E-state index contributed by atoms with van der Waals surface area (Å²) in [5, 5.41) is 0. The van der Waals surface area contributed by atoms with Gasteiger partial charge in [0.2, 0.25) is 0 Å². The van der Waals surface area contributed by atoms with Crippen LogP contribution in [0.3, 0.4) is 0 Å². The van der Waals surface area contributed by atoms with Crippen molar-refractivity contribution in [3.05, 3.63) is 12.7 Å². The Labute approximate surface area is 113 Å². The lowest BCUT2D eigenvalue weighted by molar-refractivity contribution is -0.147. The number of unbranched alkanes of at least 4 members (excludes halogenated alkanes) is 5. The third-order valence-electron chi connectivity index (χ3n) is 3.24.